The smallest absolute Gasteiger partial charge is 0 e. The molecule has 0 aromatic rings. The summed E-state index contributed by atoms with van der Waals surface area (Å²) in [4.78, 5) is 0. The molecule has 0 heterocycles. The van der Waals surface area contributed by atoms with Gasteiger partial charge in [-0.25, -0.2) is 0 Å². The van der Waals surface area contributed by atoms with Gasteiger partial charge in [0.2, 0.25) is 0 Å². The zero-order valence-corrected chi connectivity index (χ0v) is 6.70. The summed E-state index contributed by atoms with van der Waals surface area (Å²) in [5, 5.41) is 0. The van der Waals surface area contributed by atoms with Gasteiger partial charge in [0.05, 0.1) is 0 Å². The summed E-state index contributed by atoms with van der Waals surface area (Å²) in [6, 6.07) is 0. The van der Waals surface area contributed by atoms with Crippen LogP contribution in [0.1, 0.15) is 32.1 Å². The maximum Gasteiger partial charge on any atom is 0 e. The van der Waals surface area contributed by atoms with Gasteiger partial charge in [0, 0.05) is 21.1 Å². The largest absolute Gasteiger partial charge is 0.328 e. The minimum Gasteiger partial charge on any atom is -0.328 e. The van der Waals surface area contributed by atoms with Crippen molar-refractivity contribution in [3.63, 3.8) is 0 Å². The van der Waals surface area contributed by atoms with E-state index in [2.05, 4.69) is 6.42 Å². The zero-order valence-electron chi connectivity index (χ0n) is 4.43. The molecule has 0 radical (unpaired) electrons. The predicted molar refractivity (Wildman–Crippen MR) is 27.4 cm³/mol. The van der Waals surface area contributed by atoms with Crippen molar-refractivity contribution < 1.29 is 21.1 Å². The van der Waals surface area contributed by atoms with Gasteiger partial charge in [0.1, 0.15) is 0 Å². The van der Waals surface area contributed by atoms with E-state index in [-0.39, 0.29) is 21.1 Å². The molecule has 1 rings (SSSR count). The van der Waals surface area contributed by atoms with Crippen LogP contribution in [-0.4, -0.2) is 0 Å². The van der Waals surface area contributed by atoms with Crippen LogP contribution in [0.15, 0.2) is 0 Å². The molecule has 0 atom stereocenters. The van der Waals surface area contributed by atoms with E-state index in [0.717, 1.165) is 0 Å². The molecule has 1 aliphatic rings. The first-order valence-electron chi connectivity index (χ1n) is 2.82. The second-order valence-corrected chi connectivity index (χ2v) is 1.93. The minimum atomic E-state index is 0. The molecule has 0 spiro atoms. The van der Waals surface area contributed by atoms with Crippen LogP contribution in [0.25, 0.3) is 0 Å². The van der Waals surface area contributed by atoms with Gasteiger partial charge in [0.25, 0.3) is 0 Å². The van der Waals surface area contributed by atoms with Crippen molar-refractivity contribution in [1.82, 2.24) is 0 Å². The third-order valence-electron chi connectivity index (χ3n) is 1.32. The van der Waals surface area contributed by atoms with Crippen LogP contribution in [0.5, 0.6) is 0 Å². The molecular formula is C6H11Pt-. The van der Waals surface area contributed by atoms with Gasteiger partial charge >= 0.3 is 0 Å². The molecule has 1 aliphatic carbocycles. The fourth-order valence-electron chi connectivity index (χ4n) is 0.898. The maximum atomic E-state index is 2.39. The maximum absolute atomic E-state index is 2.39. The molecule has 1 saturated carbocycles. The number of hydrogen-bond donors (Lipinski definition) is 0. The first-order valence-corrected chi connectivity index (χ1v) is 2.82. The summed E-state index contributed by atoms with van der Waals surface area (Å²) in [5.74, 6) is 0. The average molecular weight is 278 g/mol. The van der Waals surface area contributed by atoms with E-state index in [9.17, 15) is 0 Å². The van der Waals surface area contributed by atoms with E-state index < -0.39 is 0 Å². The summed E-state index contributed by atoms with van der Waals surface area (Å²) in [6.45, 7) is 0. The Morgan fingerprint density at radius 1 is 0.857 bits per heavy atom. The first kappa shape index (κ1) is 7.69. The quantitative estimate of drug-likeness (QED) is 0.596. The summed E-state index contributed by atoms with van der Waals surface area (Å²) >= 11 is 0. The molecule has 1 fully saturated rings. The van der Waals surface area contributed by atoms with Gasteiger partial charge < -0.3 is 6.42 Å². The van der Waals surface area contributed by atoms with Crippen molar-refractivity contribution in [2.24, 2.45) is 0 Å². The van der Waals surface area contributed by atoms with Gasteiger partial charge in [0.15, 0.2) is 0 Å². The number of hydrogen-bond acceptors (Lipinski definition) is 0. The molecular weight excluding hydrogens is 267 g/mol. The molecule has 0 amide bonds. The molecule has 0 N–H and O–H groups in total. The Balaban J connectivity index is 0.000000360. The van der Waals surface area contributed by atoms with Gasteiger partial charge in [-0.3, -0.25) is 0 Å². The standard InChI is InChI=1S/C6H11.Pt/c1-2-4-6-5-3-1;/h1H,2-6H2;/q-1;. The van der Waals surface area contributed by atoms with Crippen molar-refractivity contribution in [2.75, 3.05) is 0 Å². The van der Waals surface area contributed by atoms with Crippen molar-refractivity contribution in [1.29, 1.82) is 0 Å². The van der Waals surface area contributed by atoms with E-state index in [4.69, 9.17) is 0 Å². The summed E-state index contributed by atoms with van der Waals surface area (Å²) < 4.78 is 0. The van der Waals surface area contributed by atoms with E-state index in [1.807, 2.05) is 0 Å². The van der Waals surface area contributed by atoms with Gasteiger partial charge in [-0.1, -0.05) is 19.3 Å². The Labute approximate surface area is 59.9 Å². The molecule has 0 bridgehead atoms. The van der Waals surface area contributed by atoms with Crippen molar-refractivity contribution in [3.8, 4) is 0 Å². The Morgan fingerprint density at radius 3 is 1.57 bits per heavy atom. The fraction of sp³-hybridized carbons (Fsp3) is 0.833. The van der Waals surface area contributed by atoms with E-state index >= 15 is 0 Å². The monoisotopic (exact) mass is 278 g/mol. The van der Waals surface area contributed by atoms with Crippen LogP contribution < -0.4 is 0 Å². The van der Waals surface area contributed by atoms with Gasteiger partial charge in [-0.2, -0.15) is 12.8 Å². The van der Waals surface area contributed by atoms with Crippen LogP contribution >= 0.6 is 0 Å². The molecule has 46 valence electrons. The molecule has 0 saturated heterocycles. The van der Waals surface area contributed by atoms with E-state index in [1.165, 1.54) is 32.1 Å². The Morgan fingerprint density at radius 2 is 1.43 bits per heavy atom. The molecule has 0 unspecified atom stereocenters. The van der Waals surface area contributed by atoms with Crippen molar-refractivity contribution >= 4 is 0 Å². The molecule has 1 heteroatoms. The van der Waals surface area contributed by atoms with Gasteiger partial charge in [-0.05, 0) is 0 Å². The zero-order chi connectivity index (χ0) is 4.24. The van der Waals surface area contributed by atoms with Gasteiger partial charge in [-0.15, -0.1) is 0 Å². The van der Waals surface area contributed by atoms with Crippen LogP contribution in [-0.2, 0) is 21.1 Å². The second kappa shape index (κ2) is 4.84. The SMILES string of the molecule is [CH-]1CCCCC1.[Pt]. The summed E-state index contributed by atoms with van der Waals surface area (Å²) in [7, 11) is 0. The summed E-state index contributed by atoms with van der Waals surface area (Å²) in [5.41, 5.74) is 0. The summed E-state index contributed by atoms with van der Waals surface area (Å²) in [6.07, 6.45) is 9.50. The normalized spacial score (nSPS) is 20.6. The predicted octanol–water partition coefficient (Wildman–Crippen LogP) is 2.15. The first-order chi connectivity index (χ1) is 3.00. The topological polar surface area (TPSA) is 0 Å². The average Bonchev–Trinajstić information content (AvgIpc) is 1.72. The number of rotatable bonds is 0. The third kappa shape index (κ3) is 3.29. The Bertz CT molecular complexity index is 19.7. The van der Waals surface area contributed by atoms with Crippen LogP contribution in [0.2, 0.25) is 0 Å². The van der Waals surface area contributed by atoms with Crippen LogP contribution in [0.4, 0.5) is 0 Å². The minimum absolute atomic E-state index is 0. The van der Waals surface area contributed by atoms with Crippen molar-refractivity contribution in [2.45, 2.75) is 32.1 Å². The Kier molecular flexibility index (Phi) is 5.31. The van der Waals surface area contributed by atoms with Crippen LogP contribution in [0, 0.1) is 6.42 Å². The van der Waals surface area contributed by atoms with E-state index in [1.54, 1.807) is 0 Å². The third-order valence-corrected chi connectivity index (χ3v) is 1.32. The van der Waals surface area contributed by atoms with E-state index in [0.29, 0.717) is 0 Å². The molecule has 7 heavy (non-hydrogen) atoms. The Hall–Kier alpha value is 0.688. The molecule has 0 aromatic carbocycles. The van der Waals surface area contributed by atoms with Crippen molar-refractivity contribution in [3.05, 3.63) is 6.42 Å². The fourth-order valence-corrected chi connectivity index (χ4v) is 0.898. The van der Waals surface area contributed by atoms with Crippen LogP contribution in [0.3, 0.4) is 0 Å². The molecule has 0 aromatic heterocycles. The molecule has 0 nitrogen and oxygen atoms in total. The second-order valence-electron chi connectivity index (χ2n) is 1.93. The molecule has 0 aliphatic heterocycles.